The van der Waals surface area contributed by atoms with Crippen molar-refractivity contribution in [1.82, 2.24) is 19.9 Å². The van der Waals surface area contributed by atoms with E-state index in [0.29, 0.717) is 5.82 Å². The third-order valence-electron chi connectivity index (χ3n) is 12.5. The average molecular weight is 811 g/mol. The first-order valence-corrected chi connectivity index (χ1v) is 21.9. The Hall–Kier alpha value is -7.60. The Kier molecular flexibility index (Phi) is 8.34. The van der Waals surface area contributed by atoms with E-state index in [2.05, 4.69) is 202 Å². The lowest BCUT2D eigenvalue weighted by molar-refractivity contribution is 0.660. The fourth-order valence-corrected chi connectivity index (χ4v) is 10.5. The molecule has 12 rings (SSSR count). The highest BCUT2D eigenvalue weighted by molar-refractivity contribution is 7.26. The lowest BCUT2D eigenvalue weighted by Crippen LogP contribution is -2.15. The number of hydrogen-bond acceptors (Lipinski definition) is 5. The molecule has 0 saturated heterocycles. The Morgan fingerprint density at radius 2 is 0.935 bits per heavy atom. The van der Waals surface area contributed by atoms with E-state index in [1.807, 2.05) is 6.07 Å². The van der Waals surface area contributed by atoms with Crippen LogP contribution in [-0.2, 0) is 5.41 Å². The second-order valence-electron chi connectivity index (χ2n) is 16.6. The largest absolute Gasteiger partial charge is 0.228 e. The van der Waals surface area contributed by atoms with E-state index in [1.54, 1.807) is 11.3 Å². The van der Waals surface area contributed by atoms with Crippen LogP contribution in [0.1, 0.15) is 25.0 Å². The molecule has 0 saturated carbocycles. The summed E-state index contributed by atoms with van der Waals surface area (Å²) >= 11 is 1.75. The van der Waals surface area contributed by atoms with Crippen LogP contribution in [0.4, 0.5) is 0 Å². The lowest BCUT2D eigenvalue weighted by atomic mass is 9.82. The van der Waals surface area contributed by atoms with Gasteiger partial charge < -0.3 is 0 Å². The van der Waals surface area contributed by atoms with Gasteiger partial charge in [0.2, 0.25) is 0 Å². The molecule has 1 aliphatic rings. The summed E-state index contributed by atoms with van der Waals surface area (Å²) in [7, 11) is 0. The number of thiophene rings is 1. The molecule has 8 aromatic carbocycles. The molecule has 0 bridgehead atoms. The second kappa shape index (κ2) is 14.3. The van der Waals surface area contributed by atoms with Gasteiger partial charge in [0, 0.05) is 43.1 Å². The zero-order valence-corrected chi connectivity index (χ0v) is 35.0. The quantitative estimate of drug-likeness (QED) is 0.168. The van der Waals surface area contributed by atoms with Crippen LogP contribution in [0.15, 0.2) is 194 Å². The van der Waals surface area contributed by atoms with Crippen molar-refractivity contribution in [2.24, 2.45) is 0 Å². The van der Waals surface area contributed by atoms with Crippen LogP contribution in [0.2, 0.25) is 0 Å². The molecule has 0 unspecified atom stereocenters. The minimum absolute atomic E-state index is 0.126. The van der Waals surface area contributed by atoms with Crippen molar-refractivity contribution in [3.8, 4) is 78.7 Å². The Morgan fingerprint density at radius 3 is 1.69 bits per heavy atom. The molecule has 0 radical (unpaired) electrons. The molecule has 1 aliphatic carbocycles. The molecule has 5 heteroatoms. The standard InChI is InChI=1S/C57H38N4S/c1-57(2)47-22-12-9-19-43(47)44-30-29-39(34-48(44)57)56-60-52(54-53(61-56)46-21-11-14-24-50(46)62-54)37-25-27-38(28-26-37)55-58-49-23-13-10-20-45(49)51(59-55)42-32-40(35-15-5-3-6-16-35)31-41(33-42)36-17-7-4-8-18-36/h3-34H,1-2H3. The molecular formula is C57H38N4S. The zero-order chi connectivity index (χ0) is 41.4. The van der Waals surface area contributed by atoms with Gasteiger partial charge in [-0.2, -0.15) is 0 Å². The van der Waals surface area contributed by atoms with Crippen LogP contribution in [-0.4, -0.2) is 19.9 Å². The molecule has 0 fully saturated rings. The predicted molar refractivity (Wildman–Crippen MR) is 258 cm³/mol. The summed E-state index contributed by atoms with van der Waals surface area (Å²) in [4.78, 5) is 21.2. The fraction of sp³-hybridized carbons (Fsp3) is 0.0526. The molecule has 11 aromatic rings. The molecule has 0 amide bonds. The highest BCUT2D eigenvalue weighted by atomic mass is 32.1. The van der Waals surface area contributed by atoms with E-state index >= 15 is 0 Å². The Bertz CT molecular complexity index is 3480. The first kappa shape index (κ1) is 36.3. The maximum atomic E-state index is 5.39. The van der Waals surface area contributed by atoms with E-state index in [1.165, 1.54) is 27.0 Å². The lowest BCUT2D eigenvalue weighted by Gasteiger charge is -2.21. The van der Waals surface area contributed by atoms with E-state index < -0.39 is 0 Å². The van der Waals surface area contributed by atoms with Crippen molar-refractivity contribution in [2.45, 2.75) is 19.3 Å². The van der Waals surface area contributed by atoms with Gasteiger partial charge in [-0.25, -0.2) is 19.9 Å². The van der Waals surface area contributed by atoms with Crippen LogP contribution in [0.5, 0.6) is 0 Å². The summed E-state index contributed by atoms with van der Waals surface area (Å²) < 4.78 is 2.27. The molecule has 3 heterocycles. The highest BCUT2D eigenvalue weighted by Crippen LogP contribution is 2.50. The zero-order valence-electron chi connectivity index (χ0n) is 34.2. The molecule has 0 aliphatic heterocycles. The molecule has 3 aromatic heterocycles. The summed E-state index contributed by atoms with van der Waals surface area (Å²) in [6.45, 7) is 4.63. The van der Waals surface area contributed by atoms with Gasteiger partial charge in [0.1, 0.15) is 0 Å². The Balaban J connectivity index is 0.985. The number of nitrogens with zero attached hydrogens (tertiary/aromatic N) is 4. The predicted octanol–water partition coefficient (Wildman–Crippen LogP) is 15.1. The summed E-state index contributed by atoms with van der Waals surface area (Å²) in [6.07, 6.45) is 0. The first-order valence-electron chi connectivity index (χ1n) is 21.0. The van der Waals surface area contributed by atoms with E-state index in [9.17, 15) is 0 Å². The SMILES string of the molecule is CC1(C)c2ccccc2-c2ccc(-c3nc(-c4ccc(-c5nc(-c6cc(-c7ccccc7)cc(-c7ccccc7)c6)c6ccccc6n5)cc4)c4sc5ccccc5c4n3)cc21. The highest BCUT2D eigenvalue weighted by Gasteiger charge is 2.35. The summed E-state index contributed by atoms with van der Waals surface area (Å²) in [5.41, 5.74) is 17.4. The van der Waals surface area contributed by atoms with Gasteiger partial charge in [-0.05, 0) is 80.9 Å². The minimum atomic E-state index is -0.126. The van der Waals surface area contributed by atoms with E-state index in [4.69, 9.17) is 19.9 Å². The van der Waals surface area contributed by atoms with Crippen molar-refractivity contribution in [3.05, 3.63) is 205 Å². The Labute approximate surface area is 363 Å². The number of hydrogen-bond donors (Lipinski definition) is 0. The number of fused-ring (bicyclic) bond motifs is 7. The molecule has 292 valence electrons. The number of rotatable bonds is 6. The summed E-state index contributed by atoms with van der Waals surface area (Å²) in [5, 5.41) is 2.16. The maximum Gasteiger partial charge on any atom is 0.160 e. The number of para-hydroxylation sites is 1. The molecule has 0 N–H and O–H groups in total. The monoisotopic (exact) mass is 810 g/mol. The fourth-order valence-electron chi connectivity index (χ4n) is 9.32. The van der Waals surface area contributed by atoms with E-state index in [-0.39, 0.29) is 5.41 Å². The third-order valence-corrected chi connectivity index (χ3v) is 13.7. The third kappa shape index (κ3) is 5.96. The van der Waals surface area contributed by atoms with Crippen LogP contribution >= 0.6 is 11.3 Å². The van der Waals surface area contributed by atoms with Gasteiger partial charge in [-0.1, -0.05) is 172 Å². The van der Waals surface area contributed by atoms with Crippen LogP contribution in [0.25, 0.3) is 110 Å². The molecule has 4 nitrogen and oxygen atoms in total. The van der Waals surface area contributed by atoms with E-state index in [0.717, 1.165) is 88.2 Å². The van der Waals surface area contributed by atoms with Crippen molar-refractivity contribution in [2.75, 3.05) is 0 Å². The topological polar surface area (TPSA) is 51.6 Å². The van der Waals surface area contributed by atoms with Crippen LogP contribution in [0.3, 0.4) is 0 Å². The minimum Gasteiger partial charge on any atom is -0.228 e. The van der Waals surface area contributed by atoms with Crippen molar-refractivity contribution < 1.29 is 0 Å². The molecule has 0 spiro atoms. The van der Waals surface area contributed by atoms with Gasteiger partial charge in [-0.3, -0.25) is 0 Å². The number of aromatic nitrogens is 4. The maximum absolute atomic E-state index is 5.39. The smallest absolute Gasteiger partial charge is 0.160 e. The average Bonchev–Trinajstić information content (AvgIpc) is 3.82. The van der Waals surface area contributed by atoms with Crippen molar-refractivity contribution in [3.63, 3.8) is 0 Å². The van der Waals surface area contributed by atoms with Crippen LogP contribution < -0.4 is 0 Å². The molecule has 62 heavy (non-hydrogen) atoms. The van der Waals surface area contributed by atoms with Crippen molar-refractivity contribution in [1.29, 1.82) is 0 Å². The summed E-state index contributed by atoms with van der Waals surface area (Å²) in [5.74, 6) is 1.40. The first-order chi connectivity index (χ1) is 30.5. The number of benzene rings is 8. The molecule has 0 atom stereocenters. The van der Waals surface area contributed by atoms with Gasteiger partial charge in [-0.15, -0.1) is 11.3 Å². The van der Waals surface area contributed by atoms with Gasteiger partial charge in [0.15, 0.2) is 11.6 Å². The summed E-state index contributed by atoms with van der Waals surface area (Å²) in [6, 6.07) is 68.9. The van der Waals surface area contributed by atoms with Crippen molar-refractivity contribution >= 4 is 42.5 Å². The van der Waals surface area contributed by atoms with Gasteiger partial charge in [0.25, 0.3) is 0 Å². The second-order valence-corrected chi connectivity index (χ2v) is 17.7. The normalized spacial score (nSPS) is 12.8. The van der Waals surface area contributed by atoms with Gasteiger partial charge in [0.05, 0.1) is 27.1 Å². The Morgan fingerprint density at radius 1 is 0.371 bits per heavy atom. The van der Waals surface area contributed by atoms with Crippen LogP contribution in [0, 0.1) is 0 Å². The molecular weight excluding hydrogens is 773 g/mol. The van der Waals surface area contributed by atoms with Gasteiger partial charge >= 0.3 is 0 Å².